The van der Waals surface area contributed by atoms with E-state index < -0.39 is 12.1 Å². The minimum Gasteiger partial charge on any atom is -0.493 e. The van der Waals surface area contributed by atoms with Crippen LogP contribution >= 0.6 is 0 Å². The molecule has 35 heavy (non-hydrogen) atoms. The van der Waals surface area contributed by atoms with Crippen LogP contribution in [0.3, 0.4) is 0 Å². The number of hydrogen-bond donors (Lipinski definition) is 2. The molecule has 0 radical (unpaired) electrons. The van der Waals surface area contributed by atoms with Crippen LogP contribution in [0.25, 0.3) is 0 Å². The second-order valence-corrected chi connectivity index (χ2v) is 8.32. The van der Waals surface area contributed by atoms with Crippen molar-refractivity contribution in [1.82, 2.24) is 0 Å². The zero-order valence-corrected chi connectivity index (χ0v) is 19.4. The molecule has 4 rings (SSSR count). The standard InChI is InChI=1S/C29H27NO5/c1-34-25(29(31)32)19-21-12-10-20(11-13-21)7-5-6-18-35-24-16-14-23(15-17-24)27-26(28(27)30-33)22-8-3-2-4-9-22/h2-4,8-17,25-27,33H,6,18-19H2,1H3,(H,31,32)/t25-,26?,27?/m0/s1. The first-order valence-electron chi connectivity index (χ1n) is 11.4. The minimum atomic E-state index is -0.973. The topological polar surface area (TPSA) is 88.4 Å². The number of oxime groups is 1. The molecule has 0 spiro atoms. The Hall–Kier alpha value is -4.08. The van der Waals surface area contributed by atoms with Crippen LogP contribution in [0.2, 0.25) is 0 Å². The summed E-state index contributed by atoms with van der Waals surface area (Å²) < 4.78 is 10.8. The number of hydrogen-bond acceptors (Lipinski definition) is 5. The fraction of sp³-hybridized carbons (Fsp3) is 0.241. The Morgan fingerprint density at radius 2 is 1.63 bits per heavy atom. The van der Waals surface area contributed by atoms with E-state index in [2.05, 4.69) is 29.1 Å². The van der Waals surface area contributed by atoms with Gasteiger partial charge in [-0.3, -0.25) is 0 Å². The van der Waals surface area contributed by atoms with Crippen LogP contribution in [0, 0.1) is 11.8 Å². The van der Waals surface area contributed by atoms with Crippen LogP contribution in [0.4, 0.5) is 0 Å². The minimum absolute atomic E-state index is 0.0956. The third-order valence-electron chi connectivity index (χ3n) is 6.04. The SMILES string of the molecule is CO[C@@H](Cc1ccc(C#CCCOc2ccc(C3C(=NO)C3c3ccccc3)cc2)cc1)C(=O)O. The Morgan fingerprint density at radius 1 is 0.971 bits per heavy atom. The van der Waals surface area contributed by atoms with Crippen molar-refractivity contribution in [2.45, 2.75) is 30.8 Å². The Bertz CT molecular complexity index is 1220. The predicted octanol–water partition coefficient (Wildman–Crippen LogP) is 4.86. The van der Waals surface area contributed by atoms with Crippen molar-refractivity contribution in [1.29, 1.82) is 0 Å². The highest BCUT2D eigenvalue weighted by molar-refractivity contribution is 6.12. The van der Waals surface area contributed by atoms with Crippen molar-refractivity contribution in [2.24, 2.45) is 5.16 Å². The maximum Gasteiger partial charge on any atom is 0.333 e. The molecule has 0 amide bonds. The van der Waals surface area contributed by atoms with E-state index in [9.17, 15) is 10.0 Å². The molecule has 178 valence electrons. The first-order valence-corrected chi connectivity index (χ1v) is 11.4. The third kappa shape index (κ3) is 6.08. The van der Waals surface area contributed by atoms with Gasteiger partial charge in [0.25, 0.3) is 0 Å². The molecule has 1 aliphatic carbocycles. The number of benzene rings is 3. The molecule has 0 bridgehead atoms. The molecule has 3 aromatic rings. The number of carbonyl (C=O) groups is 1. The fourth-order valence-electron chi connectivity index (χ4n) is 4.13. The van der Waals surface area contributed by atoms with Crippen LogP contribution in [0.15, 0.2) is 84.0 Å². The average molecular weight is 470 g/mol. The third-order valence-corrected chi connectivity index (χ3v) is 6.04. The summed E-state index contributed by atoms with van der Waals surface area (Å²) in [6.07, 6.45) is 0.0416. The lowest BCUT2D eigenvalue weighted by Crippen LogP contribution is -2.24. The van der Waals surface area contributed by atoms with E-state index in [-0.39, 0.29) is 11.8 Å². The Balaban J connectivity index is 1.25. The maximum absolute atomic E-state index is 11.1. The number of aliphatic carboxylic acids is 1. The van der Waals surface area contributed by atoms with Crippen LogP contribution in [0.1, 0.15) is 40.5 Å². The average Bonchev–Trinajstić information content (AvgIpc) is 3.63. The molecule has 2 N–H and O–H groups in total. The number of methoxy groups -OCH3 is 1. The van der Waals surface area contributed by atoms with Gasteiger partial charge >= 0.3 is 5.97 Å². The van der Waals surface area contributed by atoms with Gasteiger partial charge in [0.2, 0.25) is 0 Å². The van der Waals surface area contributed by atoms with Gasteiger partial charge in [0.1, 0.15) is 5.75 Å². The van der Waals surface area contributed by atoms with E-state index in [0.717, 1.165) is 33.7 Å². The quantitative estimate of drug-likeness (QED) is 0.202. The summed E-state index contributed by atoms with van der Waals surface area (Å²) in [4.78, 5) is 11.1. The zero-order valence-electron chi connectivity index (χ0n) is 19.4. The number of carboxylic acid groups (broad SMARTS) is 1. The second kappa shape index (κ2) is 11.4. The monoisotopic (exact) mass is 469 g/mol. The van der Waals surface area contributed by atoms with E-state index >= 15 is 0 Å². The maximum atomic E-state index is 11.1. The highest BCUT2D eigenvalue weighted by atomic mass is 16.5. The van der Waals surface area contributed by atoms with Crippen molar-refractivity contribution in [2.75, 3.05) is 13.7 Å². The van der Waals surface area contributed by atoms with E-state index in [1.807, 2.05) is 66.7 Å². The van der Waals surface area contributed by atoms with Crippen molar-refractivity contribution in [3.63, 3.8) is 0 Å². The molecule has 6 nitrogen and oxygen atoms in total. The second-order valence-electron chi connectivity index (χ2n) is 8.32. The van der Waals surface area contributed by atoms with Crippen LogP contribution in [-0.2, 0) is 16.0 Å². The Labute approximate surface area is 204 Å². The first-order chi connectivity index (χ1) is 17.1. The lowest BCUT2D eigenvalue weighted by molar-refractivity contribution is -0.148. The van der Waals surface area contributed by atoms with Crippen LogP contribution in [-0.4, -0.2) is 41.8 Å². The lowest BCUT2D eigenvalue weighted by Gasteiger charge is -2.10. The van der Waals surface area contributed by atoms with Crippen molar-refractivity contribution in [3.8, 4) is 17.6 Å². The molecule has 0 heterocycles. The molecule has 0 aromatic heterocycles. The summed E-state index contributed by atoms with van der Waals surface area (Å²) in [5.41, 5.74) is 4.78. The lowest BCUT2D eigenvalue weighted by atomic mass is 10.0. The number of nitrogens with zero attached hydrogens (tertiary/aromatic N) is 1. The van der Waals surface area contributed by atoms with Crippen LogP contribution < -0.4 is 4.74 Å². The first kappa shape index (κ1) is 24.1. The van der Waals surface area contributed by atoms with Gasteiger partial charge in [-0.25, -0.2) is 4.79 Å². The molecule has 3 aromatic carbocycles. The summed E-state index contributed by atoms with van der Waals surface area (Å²) in [6.45, 7) is 0.470. The van der Waals surface area contributed by atoms with Crippen molar-refractivity contribution in [3.05, 3.63) is 101 Å². The van der Waals surface area contributed by atoms with Gasteiger partial charge in [-0.15, -0.1) is 0 Å². The fourth-order valence-corrected chi connectivity index (χ4v) is 4.13. The van der Waals surface area contributed by atoms with Crippen LogP contribution in [0.5, 0.6) is 5.75 Å². The zero-order chi connectivity index (χ0) is 24.6. The van der Waals surface area contributed by atoms with Gasteiger partial charge in [-0.1, -0.05) is 71.6 Å². The summed E-state index contributed by atoms with van der Waals surface area (Å²) in [5, 5.41) is 22.0. The van der Waals surface area contributed by atoms with Crippen molar-refractivity contribution >= 4 is 11.7 Å². The summed E-state index contributed by atoms with van der Waals surface area (Å²) >= 11 is 0. The molecule has 1 aliphatic rings. The number of ether oxygens (including phenoxy) is 2. The van der Waals surface area contributed by atoms with E-state index in [0.29, 0.717) is 19.4 Å². The Kier molecular flexibility index (Phi) is 7.81. The van der Waals surface area contributed by atoms with Crippen molar-refractivity contribution < 1.29 is 24.6 Å². The summed E-state index contributed by atoms with van der Waals surface area (Å²) in [5.74, 6) is 6.21. The smallest absolute Gasteiger partial charge is 0.333 e. The molecule has 0 aliphatic heterocycles. The largest absolute Gasteiger partial charge is 0.493 e. The highest BCUT2D eigenvalue weighted by Gasteiger charge is 2.49. The van der Waals surface area contributed by atoms with Gasteiger partial charge in [0, 0.05) is 37.4 Å². The predicted molar refractivity (Wildman–Crippen MR) is 133 cm³/mol. The van der Waals surface area contributed by atoms with Gasteiger partial charge in [-0.2, -0.15) is 0 Å². The molecule has 3 atom stereocenters. The number of carboxylic acids is 1. The molecular formula is C29H27NO5. The molecule has 6 heteroatoms. The van der Waals surface area contributed by atoms with Gasteiger partial charge in [0.05, 0.1) is 12.3 Å². The van der Waals surface area contributed by atoms with Gasteiger partial charge in [0.15, 0.2) is 6.10 Å². The van der Waals surface area contributed by atoms with Gasteiger partial charge in [-0.05, 0) is 41.0 Å². The highest BCUT2D eigenvalue weighted by Crippen LogP contribution is 2.51. The van der Waals surface area contributed by atoms with E-state index in [4.69, 9.17) is 14.6 Å². The molecule has 0 saturated heterocycles. The summed E-state index contributed by atoms with van der Waals surface area (Å²) in [7, 11) is 1.39. The van der Waals surface area contributed by atoms with E-state index in [1.54, 1.807) is 0 Å². The number of rotatable bonds is 9. The molecular weight excluding hydrogens is 442 g/mol. The Morgan fingerprint density at radius 3 is 2.23 bits per heavy atom. The summed E-state index contributed by atoms with van der Waals surface area (Å²) in [6, 6.07) is 25.5. The normalized spacial score (nSPS) is 18.4. The molecule has 1 saturated carbocycles. The molecule has 2 unspecified atom stereocenters. The van der Waals surface area contributed by atoms with E-state index in [1.165, 1.54) is 7.11 Å². The molecule has 1 fully saturated rings. The van der Waals surface area contributed by atoms with Gasteiger partial charge < -0.3 is 19.8 Å².